The molecule has 0 amide bonds. The van der Waals surface area contributed by atoms with Gasteiger partial charge in [-0.25, -0.2) is 9.63 Å². The maximum Gasteiger partial charge on any atom is 0.343 e. The van der Waals surface area contributed by atoms with Crippen LogP contribution in [0.25, 0.3) is 0 Å². The van der Waals surface area contributed by atoms with E-state index in [0.717, 1.165) is 0 Å². The van der Waals surface area contributed by atoms with Crippen LogP contribution in [-0.2, 0) is 10.0 Å². The van der Waals surface area contributed by atoms with Crippen LogP contribution in [0.1, 0.15) is 15.9 Å². The second-order valence-corrected chi connectivity index (χ2v) is 7.73. The van der Waals surface area contributed by atoms with E-state index in [4.69, 9.17) is 16.3 Å². The number of sulfonamides is 1. The fraction of sp³-hybridized carbons (Fsp3) is 0. The van der Waals surface area contributed by atoms with Gasteiger partial charge in [0.1, 0.15) is 5.75 Å². The molecule has 0 saturated heterocycles. The van der Waals surface area contributed by atoms with E-state index in [2.05, 4.69) is 9.93 Å². The molecular weight excluding hydrogens is 400 g/mol. The Kier molecular flexibility index (Phi) is 6.08. The van der Waals surface area contributed by atoms with E-state index in [1.807, 2.05) is 0 Å². The van der Waals surface area contributed by atoms with E-state index in [0.29, 0.717) is 21.9 Å². The highest BCUT2D eigenvalue weighted by atomic mass is 35.5. The Morgan fingerprint density at radius 3 is 2.21 bits per heavy atom. The molecule has 8 heteroatoms. The van der Waals surface area contributed by atoms with Gasteiger partial charge in [0.15, 0.2) is 0 Å². The number of ether oxygens (including phenoxy) is 1. The summed E-state index contributed by atoms with van der Waals surface area (Å²) in [5.41, 5.74) is 1.01. The minimum atomic E-state index is -3.71. The normalized spacial score (nSPS) is 11.3. The van der Waals surface area contributed by atoms with Crippen molar-refractivity contribution in [1.82, 2.24) is 4.83 Å². The molecule has 0 unspecified atom stereocenters. The van der Waals surface area contributed by atoms with Crippen molar-refractivity contribution in [3.8, 4) is 5.75 Å². The van der Waals surface area contributed by atoms with Crippen molar-refractivity contribution in [2.75, 3.05) is 0 Å². The third-order valence-corrected chi connectivity index (χ3v) is 5.10. The third kappa shape index (κ3) is 5.18. The van der Waals surface area contributed by atoms with Gasteiger partial charge < -0.3 is 4.74 Å². The fourth-order valence-electron chi connectivity index (χ4n) is 2.20. The second kappa shape index (κ2) is 8.69. The van der Waals surface area contributed by atoms with E-state index < -0.39 is 16.0 Å². The number of hydrogen-bond acceptors (Lipinski definition) is 5. The maximum atomic E-state index is 12.1. The van der Waals surface area contributed by atoms with Crippen molar-refractivity contribution < 1.29 is 17.9 Å². The van der Waals surface area contributed by atoms with Crippen LogP contribution in [0.4, 0.5) is 0 Å². The Balaban J connectivity index is 1.60. The lowest BCUT2D eigenvalue weighted by Gasteiger charge is -2.05. The van der Waals surface area contributed by atoms with Crippen LogP contribution in [0, 0.1) is 0 Å². The molecule has 0 aliphatic heterocycles. The van der Waals surface area contributed by atoms with Crippen LogP contribution in [0.5, 0.6) is 5.75 Å². The van der Waals surface area contributed by atoms with Crippen molar-refractivity contribution in [3.63, 3.8) is 0 Å². The maximum absolute atomic E-state index is 12.1. The Morgan fingerprint density at radius 1 is 0.929 bits per heavy atom. The van der Waals surface area contributed by atoms with Crippen LogP contribution in [0.2, 0.25) is 5.02 Å². The summed E-state index contributed by atoms with van der Waals surface area (Å²) in [6.45, 7) is 0. The number of esters is 1. The molecule has 0 heterocycles. The number of benzene rings is 3. The quantitative estimate of drug-likeness (QED) is 0.287. The first kappa shape index (κ1) is 19.6. The molecule has 6 nitrogen and oxygen atoms in total. The summed E-state index contributed by atoms with van der Waals surface area (Å²) in [4.78, 5) is 14.3. The van der Waals surface area contributed by atoms with Crippen molar-refractivity contribution in [3.05, 3.63) is 95.0 Å². The number of carbonyl (C=O) groups is 1. The Morgan fingerprint density at radius 2 is 1.57 bits per heavy atom. The molecule has 3 rings (SSSR count). The van der Waals surface area contributed by atoms with Crippen LogP contribution in [-0.4, -0.2) is 20.6 Å². The zero-order valence-electron chi connectivity index (χ0n) is 14.4. The summed E-state index contributed by atoms with van der Waals surface area (Å²) in [6.07, 6.45) is 1.35. The largest absolute Gasteiger partial charge is 0.423 e. The van der Waals surface area contributed by atoms with Gasteiger partial charge in [-0.3, -0.25) is 0 Å². The zero-order chi connectivity index (χ0) is 20.0. The Hall–Kier alpha value is -3.16. The highest BCUT2D eigenvalue weighted by molar-refractivity contribution is 7.89. The molecule has 0 spiro atoms. The fourth-order valence-corrected chi connectivity index (χ4v) is 3.13. The lowest BCUT2D eigenvalue weighted by atomic mass is 10.2. The molecule has 3 aromatic carbocycles. The number of hydrazone groups is 1. The summed E-state index contributed by atoms with van der Waals surface area (Å²) >= 11 is 5.79. The molecule has 0 aromatic heterocycles. The van der Waals surface area contributed by atoms with Gasteiger partial charge in [0.2, 0.25) is 0 Å². The van der Waals surface area contributed by atoms with Gasteiger partial charge in [-0.2, -0.15) is 13.5 Å². The first-order valence-corrected chi connectivity index (χ1v) is 9.98. The van der Waals surface area contributed by atoms with Crippen molar-refractivity contribution in [2.24, 2.45) is 5.10 Å². The predicted octanol–water partition coefficient (Wildman–Crippen LogP) is 3.87. The molecule has 0 bridgehead atoms. The van der Waals surface area contributed by atoms with Gasteiger partial charge in [-0.15, -0.1) is 0 Å². The van der Waals surface area contributed by atoms with E-state index in [9.17, 15) is 13.2 Å². The van der Waals surface area contributed by atoms with Crippen molar-refractivity contribution >= 4 is 33.8 Å². The molecule has 0 aliphatic carbocycles. The molecule has 3 aromatic rings. The van der Waals surface area contributed by atoms with Crippen LogP contribution >= 0.6 is 11.6 Å². The summed E-state index contributed by atoms with van der Waals surface area (Å²) < 4.78 is 29.4. The average Bonchev–Trinajstić information content (AvgIpc) is 2.70. The summed E-state index contributed by atoms with van der Waals surface area (Å²) in [7, 11) is -3.71. The first-order chi connectivity index (χ1) is 13.4. The summed E-state index contributed by atoms with van der Waals surface area (Å²) in [5, 5.41) is 4.28. The highest BCUT2D eigenvalue weighted by Gasteiger charge is 2.11. The molecule has 0 aliphatic rings. The van der Waals surface area contributed by atoms with Crippen LogP contribution in [0.3, 0.4) is 0 Å². The molecular formula is C20H15ClN2O4S. The smallest absolute Gasteiger partial charge is 0.343 e. The Bertz CT molecular complexity index is 1080. The second-order valence-electron chi connectivity index (χ2n) is 5.63. The molecule has 0 saturated carbocycles. The number of rotatable bonds is 6. The molecule has 28 heavy (non-hydrogen) atoms. The lowest BCUT2D eigenvalue weighted by Crippen LogP contribution is -2.18. The van der Waals surface area contributed by atoms with Gasteiger partial charge in [0.05, 0.1) is 16.7 Å². The lowest BCUT2D eigenvalue weighted by molar-refractivity contribution is 0.0734. The predicted molar refractivity (Wildman–Crippen MR) is 107 cm³/mol. The monoisotopic (exact) mass is 414 g/mol. The SMILES string of the molecule is O=C(Oc1ccc(/C=N\NS(=O)(=O)c2ccccc2)cc1)c1ccc(Cl)cc1. The highest BCUT2D eigenvalue weighted by Crippen LogP contribution is 2.15. The Labute approximate surface area is 167 Å². The molecule has 0 atom stereocenters. The van der Waals surface area contributed by atoms with Crippen LogP contribution in [0.15, 0.2) is 88.9 Å². The topological polar surface area (TPSA) is 84.8 Å². The number of nitrogens with one attached hydrogen (secondary N) is 1. The summed E-state index contributed by atoms with van der Waals surface area (Å²) in [5.74, 6) is -0.157. The van der Waals surface area contributed by atoms with E-state index in [1.54, 1.807) is 66.7 Å². The summed E-state index contributed by atoms with van der Waals surface area (Å²) in [6, 6.07) is 20.7. The minimum absolute atomic E-state index is 0.122. The first-order valence-electron chi connectivity index (χ1n) is 8.12. The van der Waals surface area contributed by atoms with Gasteiger partial charge >= 0.3 is 5.97 Å². The van der Waals surface area contributed by atoms with Crippen molar-refractivity contribution in [1.29, 1.82) is 0 Å². The molecule has 1 N–H and O–H groups in total. The standard InChI is InChI=1S/C20H15ClN2O4S/c21-17-10-8-16(9-11-17)20(24)27-18-12-6-15(7-13-18)14-22-23-28(25,26)19-4-2-1-3-5-19/h1-14,23H/b22-14-. The minimum Gasteiger partial charge on any atom is -0.423 e. The zero-order valence-corrected chi connectivity index (χ0v) is 16.0. The van der Waals surface area contributed by atoms with E-state index >= 15 is 0 Å². The van der Waals surface area contributed by atoms with Crippen LogP contribution < -0.4 is 9.57 Å². The van der Waals surface area contributed by atoms with Gasteiger partial charge in [0.25, 0.3) is 10.0 Å². The van der Waals surface area contributed by atoms with Gasteiger partial charge in [-0.1, -0.05) is 29.8 Å². The van der Waals surface area contributed by atoms with Gasteiger partial charge in [0, 0.05) is 5.02 Å². The number of halogens is 1. The van der Waals surface area contributed by atoms with Crippen molar-refractivity contribution in [2.45, 2.75) is 4.90 Å². The molecule has 0 radical (unpaired) electrons. The number of hydrogen-bond donors (Lipinski definition) is 1. The van der Waals surface area contributed by atoms with E-state index in [-0.39, 0.29) is 4.90 Å². The average molecular weight is 415 g/mol. The molecule has 0 fully saturated rings. The van der Waals surface area contributed by atoms with Gasteiger partial charge in [-0.05, 0) is 66.2 Å². The third-order valence-electron chi connectivity index (χ3n) is 3.61. The van der Waals surface area contributed by atoms with E-state index in [1.165, 1.54) is 18.3 Å². The number of carbonyl (C=O) groups excluding carboxylic acids is 1. The molecule has 142 valence electrons. The number of nitrogens with zero attached hydrogens (tertiary/aromatic N) is 1.